The average Bonchev–Trinajstić information content (AvgIpc) is 2.74. The Bertz CT molecular complexity index is 751. The summed E-state index contributed by atoms with van der Waals surface area (Å²) in [5, 5.41) is 24.7. The Hall–Kier alpha value is -2.22. The van der Waals surface area contributed by atoms with Crippen LogP contribution in [0.15, 0.2) is 41.1 Å². The van der Waals surface area contributed by atoms with Crippen molar-refractivity contribution in [3.05, 3.63) is 47.0 Å². The fourth-order valence-corrected chi connectivity index (χ4v) is 3.21. The van der Waals surface area contributed by atoms with E-state index in [9.17, 15) is 10.0 Å². The van der Waals surface area contributed by atoms with Crippen LogP contribution in [0.5, 0.6) is 0 Å². The van der Waals surface area contributed by atoms with Crippen LogP contribution < -0.4 is 5.73 Å². The van der Waals surface area contributed by atoms with Crippen molar-refractivity contribution < 1.29 is 19.9 Å². The van der Waals surface area contributed by atoms with Gasteiger partial charge >= 0.3 is 5.97 Å². The standard InChI is InChI=1S/C20H29N3O4/c1-13(15-8-6-14(7-9-15)10-17(21)18(24)25)22-27-12-16-11-19(2,3)23(26)20(16,4)5/h6-9,11,17,26H,10,12,21H2,1-5H3,(H,24,25)/b22-13+/t17-/m0/s1. The normalized spacial score (nSPS) is 20.3. The van der Waals surface area contributed by atoms with E-state index in [1.165, 1.54) is 5.06 Å². The maximum atomic E-state index is 10.8. The second kappa shape index (κ2) is 7.80. The zero-order chi connectivity index (χ0) is 20.4. The number of nitrogens with zero attached hydrogens (tertiary/aromatic N) is 2. The highest BCUT2D eigenvalue weighted by Crippen LogP contribution is 2.38. The molecule has 0 spiro atoms. The van der Waals surface area contributed by atoms with Crippen molar-refractivity contribution in [2.45, 2.75) is 58.2 Å². The van der Waals surface area contributed by atoms with Crippen LogP contribution in [0.3, 0.4) is 0 Å². The van der Waals surface area contributed by atoms with Gasteiger partial charge in [0.25, 0.3) is 0 Å². The molecule has 0 fully saturated rings. The number of carbonyl (C=O) groups is 1. The third-order valence-electron chi connectivity index (χ3n) is 4.95. The van der Waals surface area contributed by atoms with Gasteiger partial charge in [0.2, 0.25) is 0 Å². The van der Waals surface area contributed by atoms with Crippen molar-refractivity contribution in [1.82, 2.24) is 5.06 Å². The Labute approximate surface area is 160 Å². The molecule has 1 aromatic carbocycles. The highest BCUT2D eigenvalue weighted by Gasteiger charge is 2.45. The lowest BCUT2D eigenvalue weighted by Gasteiger charge is -2.36. The fraction of sp³-hybridized carbons (Fsp3) is 0.500. The van der Waals surface area contributed by atoms with Gasteiger partial charge in [-0.25, -0.2) is 0 Å². The van der Waals surface area contributed by atoms with Gasteiger partial charge in [0.15, 0.2) is 0 Å². The first-order chi connectivity index (χ1) is 12.4. The molecule has 0 amide bonds. The van der Waals surface area contributed by atoms with Gasteiger partial charge in [-0.2, -0.15) is 5.06 Å². The number of carboxylic acids is 1. The van der Waals surface area contributed by atoms with E-state index in [0.717, 1.165) is 16.7 Å². The first kappa shape index (κ1) is 21.1. The van der Waals surface area contributed by atoms with Gasteiger partial charge in [-0.05, 0) is 57.7 Å². The summed E-state index contributed by atoms with van der Waals surface area (Å²) in [5.74, 6) is -1.01. The molecule has 2 rings (SSSR count). The number of benzene rings is 1. The minimum atomic E-state index is -1.01. The van der Waals surface area contributed by atoms with E-state index in [-0.39, 0.29) is 13.0 Å². The Morgan fingerprint density at radius 3 is 2.33 bits per heavy atom. The molecule has 0 radical (unpaired) electrons. The van der Waals surface area contributed by atoms with Gasteiger partial charge in [-0.1, -0.05) is 35.5 Å². The molecular formula is C20H29N3O4. The van der Waals surface area contributed by atoms with Crippen LogP contribution in [0.1, 0.15) is 45.7 Å². The third-order valence-corrected chi connectivity index (χ3v) is 4.95. The number of hydroxylamine groups is 2. The number of hydrogen-bond donors (Lipinski definition) is 3. The van der Waals surface area contributed by atoms with Crippen molar-refractivity contribution in [2.75, 3.05) is 6.61 Å². The zero-order valence-corrected chi connectivity index (χ0v) is 16.6. The largest absolute Gasteiger partial charge is 0.480 e. The van der Waals surface area contributed by atoms with Crippen molar-refractivity contribution >= 4 is 11.7 Å². The molecule has 1 atom stereocenters. The summed E-state index contributed by atoms with van der Waals surface area (Å²) < 4.78 is 0. The van der Waals surface area contributed by atoms with Gasteiger partial charge < -0.3 is 20.9 Å². The number of hydrogen-bond acceptors (Lipinski definition) is 6. The van der Waals surface area contributed by atoms with Crippen molar-refractivity contribution in [3.63, 3.8) is 0 Å². The van der Waals surface area contributed by atoms with Crippen LogP contribution in [0.4, 0.5) is 0 Å². The second-order valence-corrected chi connectivity index (χ2v) is 7.99. The van der Waals surface area contributed by atoms with Gasteiger partial charge in [0.1, 0.15) is 12.6 Å². The molecule has 1 heterocycles. The van der Waals surface area contributed by atoms with Crippen LogP contribution >= 0.6 is 0 Å². The number of aliphatic carboxylic acids is 1. The first-order valence-corrected chi connectivity index (χ1v) is 8.91. The predicted molar refractivity (Wildman–Crippen MR) is 104 cm³/mol. The smallest absolute Gasteiger partial charge is 0.320 e. The molecule has 1 aliphatic heterocycles. The molecular weight excluding hydrogens is 346 g/mol. The molecule has 0 saturated carbocycles. The van der Waals surface area contributed by atoms with E-state index in [1.807, 2.05) is 65.0 Å². The molecule has 0 unspecified atom stereocenters. The third kappa shape index (κ3) is 4.74. The SMILES string of the molecule is C/C(=N\OCC1=CC(C)(C)N(O)C1(C)C)c1ccc(C[C@H](N)C(=O)O)cc1. The van der Waals surface area contributed by atoms with E-state index in [2.05, 4.69) is 5.16 Å². The average molecular weight is 375 g/mol. The van der Waals surface area contributed by atoms with E-state index in [0.29, 0.717) is 5.71 Å². The van der Waals surface area contributed by atoms with Crippen LogP contribution in [0.25, 0.3) is 0 Å². The Morgan fingerprint density at radius 2 is 1.85 bits per heavy atom. The highest BCUT2D eigenvalue weighted by molar-refractivity contribution is 5.98. The molecule has 7 heteroatoms. The number of nitrogens with two attached hydrogens (primary N) is 1. The summed E-state index contributed by atoms with van der Waals surface area (Å²) >= 11 is 0. The van der Waals surface area contributed by atoms with Crippen LogP contribution in [-0.4, -0.2) is 50.8 Å². The van der Waals surface area contributed by atoms with Crippen LogP contribution in [-0.2, 0) is 16.1 Å². The lowest BCUT2D eigenvalue weighted by Crippen LogP contribution is -2.48. The van der Waals surface area contributed by atoms with Crippen molar-refractivity contribution in [3.8, 4) is 0 Å². The summed E-state index contributed by atoms with van der Waals surface area (Å²) in [6, 6.07) is 6.50. The van der Waals surface area contributed by atoms with Crippen molar-refractivity contribution in [1.29, 1.82) is 0 Å². The van der Waals surface area contributed by atoms with E-state index in [4.69, 9.17) is 15.7 Å². The minimum absolute atomic E-state index is 0.277. The molecule has 0 aliphatic carbocycles. The molecule has 0 saturated heterocycles. The fourth-order valence-electron chi connectivity index (χ4n) is 3.21. The lowest BCUT2D eigenvalue weighted by atomic mass is 9.97. The summed E-state index contributed by atoms with van der Waals surface area (Å²) in [6.07, 6.45) is 2.28. The first-order valence-electron chi connectivity index (χ1n) is 8.91. The molecule has 27 heavy (non-hydrogen) atoms. The van der Waals surface area contributed by atoms with Gasteiger partial charge in [-0.15, -0.1) is 0 Å². The van der Waals surface area contributed by atoms with E-state index < -0.39 is 23.1 Å². The summed E-state index contributed by atoms with van der Waals surface area (Å²) in [4.78, 5) is 16.3. The number of carboxylic acid groups (broad SMARTS) is 1. The second-order valence-electron chi connectivity index (χ2n) is 7.99. The summed E-state index contributed by atoms with van der Waals surface area (Å²) in [5.41, 5.74) is 7.99. The monoisotopic (exact) mass is 375 g/mol. The van der Waals surface area contributed by atoms with Crippen LogP contribution in [0, 0.1) is 0 Å². The molecule has 0 aromatic heterocycles. The summed E-state index contributed by atoms with van der Waals surface area (Å²) in [6.45, 7) is 9.88. The van der Waals surface area contributed by atoms with E-state index in [1.54, 1.807) is 0 Å². The maximum Gasteiger partial charge on any atom is 0.320 e. The van der Waals surface area contributed by atoms with Gasteiger partial charge in [-0.3, -0.25) is 4.79 Å². The minimum Gasteiger partial charge on any atom is -0.480 e. The van der Waals surface area contributed by atoms with Crippen molar-refractivity contribution in [2.24, 2.45) is 10.9 Å². The topological polar surface area (TPSA) is 108 Å². The Kier molecular flexibility index (Phi) is 6.09. The van der Waals surface area contributed by atoms with E-state index >= 15 is 0 Å². The van der Waals surface area contributed by atoms with Gasteiger partial charge in [0.05, 0.1) is 16.8 Å². The molecule has 1 aromatic rings. The Morgan fingerprint density at radius 1 is 1.26 bits per heavy atom. The molecule has 1 aliphatic rings. The molecule has 0 bridgehead atoms. The van der Waals surface area contributed by atoms with Gasteiger partial charge in [0, 0.05) is 0 Å². The predicted octanol–water partition coefficient (Wildman–Crippen LogP) is 2.57. The number of oxime groups is 1. The molecule has 7 nitrogen and oxygen atoms in total. The Balaban J connectivity index is 1.99. The lowest BCUT2D eigenvalue weighted by molar-refractivity contribution is -0.186. The maximum absolute atomic E-state index is 10.8. The quantitative estimate of drug-likeness (QED) is 0.384. The highest BCUT2D eigenvalue weighted by atomic mass is 16.6. The molecule has 148 valence electrons. The summed E-state index contributed by atoms with van der Waals surface area (Å²) in [7, 11) is 0. The molecule has 4 N–H and O–H groups in total. The zero-order valence-electron chi connectivity index (χ0n) is 16.6. The number of rotatable bonds is 7. The van der Waals surface area contributed by atoms with Crippen LogP contribution in [0.2, 0.25) is 0 Å².